The molecule has 1 aromatic heterocycles. The molecule has 0 fully saturated rings. The topological polar surface area (TPSA) is 74.7 Å². The van der Waals surface area contributed by atoms with Gasteiger partial charge < -0.3 is 15.8 Å². The van der Waals surface area contributed by atoms with Gasteiger partial charge in [-0.3, -0.25) is 0 Å². The molecular weight excluding hydrogens is 252 g/mol. The van der Waals surface area contributed by atoms with E-state index >= 15 is 0 Å². The van der Waals surface area contributed by atoms with Gasteiger partial charge in [-0.1, -0.05) is 17.3 Å². The van der Waals surface area contributed by atoms with Gasteiger partial charge in [0, 0.05) is 24.0 Å². The molecule has 5 heteroatoms. The predicted octanol–water partition coefficient (Wildman–Crippen LogP) is 2.64. The van der Waals surface area contributed by atoms with Crippen molar-refractivity contribution in [3.8, 4) is 0 Å². The number of anilines is 2. The van der Waals surface area contributed by atoms with Crippen molar-refractivity contribution in [2.75, 3.05) is 11.4 Å². The molecule has 0 radical (unpaired) electrons. The lowest BCUT2D eigenvalue weighted by Gasteiger charge is -2.22. The monoisotopic (exact) mass is 270 g/mol. The first kappa shape index (κ1) is 13.9. The van der Waals surface area contributed by atoms with E-state index in [0.717, 1.165) is 18.1 Å². The summed E-state index contributed by atoms with van der Waals surface area (Å²) in [4.78, 5) is 6.48. The van der Waals surface area contributed by atoms with Gasteiger partial charge >= 0.3 is 0 Å². The van der Waals surface area contributed by atoms with Crippen molar-refractivity contribution in [3.05, 3.63) is 53.7 Å². The number of pyridine rings is 1. The van der Waals surface area contributed by atoms with Crippen LogP contribution >= 0.6 is 0 Å². The Balaban J connectivity index is 2.33. The fourth-order valence-electron chi connectivity index (χ4n) is 2.03. The second kappa shape index (κ2) is 6.06. The summed E-state index contributed by atoms with van der Waals surface area (Å²) >= 11 is 0. The van der Waals surface area contributed by atoms with Crippen LogP contribution in [0.25, 0.3) is 0 Å². The number of hydrogen-bond acceptors (Lipinski definition) is 4. The highest BCUT2D eigenvalue weighted by Gasteiger charge is 2.09. The largest absolute Gasteiger partial charge is 0.409 e. The van der Waals surface area contributed by atoms with Gasteiger partial charge in [-0.25, -0.2) is 4.98 Å². The summed E-state index contributed by atoms with van der Waals surface area (Å²) in [5.74, 6) is 0.884. The van der Waals surface area contributed by atoms with Crippen LogP contribution in [0, 0.1) is 6.92 Å². The molecule has 0 saturated heterocycles. The summed E-state index contributed by atoms with van der Waals surface area (Å²) in [7, 11) is 0. The minimum Gasteiger partial charge on any atom is -0.409 e. The number of nitrogens with zero attached hydrogens (tertiary/aromatic N) is 3. The maximum Gasteiger partial charge on any atom is 0.171 e. The van der Waals surface area contributed by atoms with Crippen molar-refractivity contribution in [3.63, 3.8) is 0 Å². The highest BCUT2D eigenvalue weighted by Crippen LogP contribution is 2.24. The molecule has 20 heavy (non-hydrogen) atoms. The van der Waals surface area contributed by atoms with E-state index in [0.29, 0.717) is 5.56 Å². The molecule has 0 spiro atoms. The lowest BCUT2D eigenvalue weighted by molar-refractivity contribution is 0.318. The third-order valence-electron chi connectivity index (χ3n) is 3.06. The van der Waals surface area contributed by atoms with E-state index in [1.54, 1.807) is 12.3 Å². The van der Waals surface area contributed by atoms with Crippen LogP contribution in [-0.2, 0) is 0 Å². The van der Waals surface area contributed by atoms with Crippen LogP contribution < -0.4 is 10.6 Å². The van der Waals surface area contributed by atoms with Crippen molar-refractivity contribution >= 4 is 17.3 Å². The van der Waals surface area contributed by atoms with Crippen LogP contribution in [-0.4, -0.2) is 22.6 Å². The zero-order valence-electron chi connectivity index (χ0n) is 11.6. The molecule has 0 aliphatic rings. The molecule has 0 aliphatic carbocycles. The number of aromatic nitrogens is 1. The average Bonchev–Trinajstić information content (AvgIpc) is 2.48. The molecular formula is C15H18N4O. The number of amidine groups is 1. The van der Waals surface area contributed by atoms with Gasteiger partial charge in [0.1, 0.15) is 5.82 Å². The molecule has 0 atom stereocenters. The van der Waals surface area contributed by atoms with Gasteiger partial charge in [0.05, 0.1) is 0 Å². The molecule has 0 aliphatic heterocycles. The number of rotatable bonds is 4. The van der Waals surface area contributed by atoms with Crippen LogP contribution in [0.5, 0.6) is 0 Å². The molecule has 0 unspecified atom stereocenters. The smallest absolute Gasteiger partial charge is 0.171 e. The van der Waals surface area contributed by atoms with Crippen molar-refractivity contribution in [2.45, 2.75) is 13.8 Å². The summed E-state index contributed by atoms with van der Waals surface area (Å²) < 4.78 is 0. The quantitative estimate of drug-likeness (QED) is 0.387. The Morgan fingerprint density at radius 1 is 1.35 bits per heavy atom. The lowest BCUT2D eigenvalue weighted by atomic mass is 10.2. The molecule has 1 aromatic carbocycles. The second-order valence-corrected chi connectivity index (χ2v) is 4.47. The molecule has 3 N–H and O–H groups in total. The van der Waals surface area contributed by atoms with Gasteiger partial charge in [-0.05, 0) is 43.7 Å². The van der Waals surface area contributed by atoms with Gasteiger partial charge in [0.15, 0.2) is 5.84 Å². The zero-order valence-corrected chi connectivity index (χ0v) is 11.6. The van der Waals surface area contributed by atoms with Crippen LogP contribution in [0.2, 0.25) is 0 Å². The number of oxime groups is 1. The number of aryl methyl sites for hydroxylation is 1. The molecule has 0 bridgehead atoms. The fourth-order valence-corrected chi connectivity index (χ4v) is 2.03. The van der Waals surface area contributed by atoms with E-state index < -0.39 is 0 Å². The van der Waals surface area contributed by atoms with Crippen molar-refractivity contribution in [1.29, 1.82) is 0 Å². The first-order valence-corrected chi connectivity index (χ1v) is 6.44. The highest BCUT2D eigenvalue weighted by atomic mass is 16.4. The van der Waals surface area contributed by atoms with E-state index in [1.165, 1.54) is 5.56 Å². The molecule has 1 heterocycles. The molecule has 0 saturated carbocycles. The third-order valence-corrected chi connectivity index (χ3v) is 3.06. The maximum absolute atomic E-state index is 8.65. The first-order valence-electron chi connectivity index (χ1n) is 6.44. The van der Waals surface area contributed by atoms with E-state index in [1.807, 2.05) is 12.1 Å². The van der Waals surface area contributed by atoms with Gasteiger partial charge in [0.2, 0.25) is 0 Å². The van der Waals surface area contributed by atoms with E-state index in [9.17, 15) is 0 Å². The van der Waals surface area contributed by atoms with E-state index in [4.69, 9.17) is 10.9 Å². The summed E-state index contributed by atoms with van der Waals surface area (Å²) in [6.45, 7) is 4.94. The van der Waals surface area contributed by atoms with Gasteiger partial charge in [-0.2, -0.15) is 0 Å². The minimum atomic E-state index is 0.0580. The Bertz CT molecular complexity index is 608. The van der Waals surface area contributed by atoms with Crippen LogP contribution in [0.4, 0.5) is 11.5 Å². The highest BCUT2D eigenvalue weighted by molar-refractivity contribution is 5.96. The number of benzene rings is 1. The van der Waals surface area contributed by atoms with E-state index in [2.05, 4.69) is 47.1 Å². The predicted molar refractivity (Wildman–Crippen MR) is 80.6 cm³/mol. The van der Waals surface area contributed by atoms with Crippen LogP contribution in [0.3, 0.4) is 0 Å². The number of nitrogens with two attached hydrogens (primary N) is 1. The van der Waals surface area contributed by atoms with Gasteiger partial charge in [0.25, 0.3) is 0 Å². The summed E-state index contributed by atoms with van der Waals surface area (Å²) in [6, 6.07) is 11.9. The third kappa shape index (κ3) is 2.88. The normalized spacial score (nSPS) is 11.4. The first-order chi connectivity index (χ1) is 9.65. The van der Waals surface area contributed by atoms with E-state index in [-0.39, 0.29) is 5.84 Å². The van der Waals surface area contributed by atoms with Crippen LogP contribution in [0.1, 0.15) is 18.1 Å². The fraction of sp³-hybridized carbons (Fsp3) is 0.200. The lowest BCUT2D eigenvalue weighted by Crippen LogP contribution is -2.18. The van der Waals surface area contributed by atoms with Gasteiger partial charge in [-0.15, -0.1) is 0 Å². The molecule has 104 valence electrons. The molecule has 2 aromatic rings. The van der Waals surface area contributed by atoms with Crippen LogP contribution in [0.15, 0.2) is 47.8 Å². The Labute approximate surface area is 118 Å². The maximum atomic E-state index is 8.65. The van der Waals surface area contributed by atoms with Crippen molar-refractivity contribution in [2.24, 2.45) is 10.9 Å². The Morgan fingerprint density at radius 2 is 2.15 bits per heavy atom. The van der Waals surface area contributed by atoms with Crippen molar-refractivity contribution in [1.82, 2.24) is 4.98 Å². The number of hydrogen-bond donors (Lipinski definition) is 2. The summed E-state index contributed by atoms with van der Waals surface area (Å²) in [5.41, 5.74) is 8.42. The minimum absolute atomic E-state index is 0.0580. The van der Waals surface area contributed by atoms with Crippen molar-refractivity contribution < 1.29 is 5.21 Å². The SMILES string of the molecule is CCN(c1cccc(C)c1)c1ccc(/C(N)=N/O)cn1. The Hall–Kier alpha value is -2.56. The summed E-state index contributed by atoms with van der Waals surface area (Å²) in [6.07, 6.45) is 1.60. The standard InChI is InChI=1S/C15H18N4O/c1-3-19(13-6-4-5-11(2)9-13)14-8-7-12(10-17-14)15(16)18-20/h4-10,20H,3H2,1-2H3,(H2,16,18). The molecule has 0 amide bonds. The molecule has 5 nitrogen and oxygen atoms in total. The summed E-state index contributed by atoms with van der Waals surface area (Å²) in [5, 5.41) is 11.6. The average molecular weight is 270 g/mol. The zero-order chi connectivity index (χ0) is 14.5. The second-order valence-electron chi connectivity index (χ2n) is 4.47. The molecule has 2 rings (SSSR count). The Kier molecular flexibility index (Phi) is 4.20. The Morgan fingerprint density at radius 3 is 2.70 bits per heavy atom.